The van der Waals surface area contributed by atoms with Crippen LogP contribution in [0.2, 0.25) is 0 Å². The fourth-order valence-electron chi connectivity index (χ4n) is 1.95. The topological polar surface area (TPSA) is 46.0 Å². The van der Waals surface area contributed by atoms with Crippen LogP contribution < -0.4 is 0 Å². The minimum Gasteiger partial charge on any atom is -0.388 e. The molecule has 0 amide bonds. The van der Waals surface area contributed by atoms with Crippen molar-refractivity contribution in [2.45, 2.75) is 12.5 Å². The Hall–Kier alpha value is -2.18. The molecule has 1 atom stereocenters. The van der Waals surface area contributed by atoms with E-state index in [0.29, 0.717) is 6.42 Å². The maximum absolute atomic E-state index is 10.2. The van der Waals surface area contributed by atoms with Crippen LogP contribution in [0.25, 0.3) is 0 Å². The summed E-state index contributed by atoms with van der Waals surface area (Å²) in [6.07, 6.45) is 6.79. The Bertz CT molecular complexity index is 625. The molecule has 1 aliphatic carbocycles. The Morgan fingerprint density at radius 3 is 2.65 bits per heavy atom. The third-order valence-electron chi connectivity index (χ3n) is 2.86. The fraction of sp³-hybridized carbons (Fsp3) is 0.143. The van der Waals surface area contributed by atoms with Crippen molar-refractivity contribution in [2.24, 2.45) is 0 Å². The molecule has 0 radical (unpaired) electrons. The molecule has 1 N–H and O–H groups in total. The average Bonchev–Trinajstić information content (AvgIpc) is 2.36. The van der Waals surface area contributed by atoms with E-state index < -0.39 is 6.10 Å². The molecule has 0 aromatic carbocycles. The lowest BCUT2D eigenvalue weighted by Gasteiger charge is -2.15. The van der Waals surface area contributed by atoms with Gasteiger partial charge in [0.1, 0.15) is 0 Å². The first kappa shape index (κ1) is 10.0. The maximum atomic E-state index is 10.2. The predicted molar refractivity (Wildman–Crippen MR) is 63.1 cm³/mol. The van der Waals surface area contributed by atoms with Gasteiger partial charge in [-0.15, -0.1) is 0 Å². The molecule has 0 saturated heterocycles. The second-order valence-electron chi connectivity index (χ2n) is 3.97. The van der Waals surface area contributed by atoms with Crippen LogP contribution in [0.4, 0.5) is 0 Å². The molecule has 3 heteroatoms. The standard InChI is InChI=1S/C14H10N2O/c17-14-7-12-8-15-5-3-10(12)1-2-11-4-6-16-9-13(11)14/h3-6,8-9,14,17H,7H2. The number of aliphatic hydroxyl groups excluding tert-OH is 1. The minimum absolute atomic E-state index is 0.524. The van der Waals surface area contributed by atoms with Crippen molar-refractivity contribution in [3.63, 3.8) is 0 Å². The van der Waals surface area contributed by atoms with E-state index in [1.54, 1.807) is 24.8 Å². The highest BCUT2D eigenvalue weighted by Gasteiger charge is 2.16. The van der Waals surface area contributed by atoms with E-state index in [9.17, 15) is 5.11 Å². The lowest BCUT2D eigenvalue weighted by molar-refractivity contribution is 0.177. The lowest BCUT2D eigenvalue weighted by Crippen LogP contribution is -2.08. The molecule has 2 aromatic rings. The summed E-state index contributed by atoms with van der Waals surface area (Å²) in [5.41, 5.74) is 3.54. The molecule has 0 bridgehead atoms. The summed E-state index contributed by atoms with van der Waals surface area (Å²) in [5, 5.41) is 10.2. The van der Waals surface area contributed by atoms with Crippen LogP contribution >= 0.6 is 0 Å². The molecular formula is C14H10N2O. The molecular weight excluding hydrogens is 212 g/mol. The van der Waals surface area contributed by atoms with Crippen LogP contribution in [0, 0.1) is 11.8 Å². The summed E-state index contributed by atoms with van der Waals surface area (Å²) in [4.78, 5) is 8.10. The first-order chi connectivity index (χ1) is 8.34. The van der Waals surface area contributed by atoms with E-state index in [1.165, 1.54) is 0 Å². The molecule has 0 fully saturated rings. The molecule has 3 nitrogen and oxygen atoms in total. The van der Waals surface area contributed by atoms with Gasteiger partial charge in [-0.3, -0.25) is 9.97 Å². The van der Waals surface area contributed by atoms with Crippen LogP contribution in [0.1, 0.15) is 28.4 Å². The van der Waals surface area contributed by atoms with Gasteiger partial charge in [0.05, 0.1) is 6.10 Å². The second kappa shape index (κ2) is 4.00. The molecule has 0 aliphatic heterocycles. The van der Waals surface area contributed by atoms with Gasteiger partial charge in [-0.1, -0.05) is 11.8 Å². The molecule has 0 saturated carbocycles. The van der Waals surface area contributed by atoms with E-state index in [-0.39, 0.29) is 0 Å². The Labute approximate surface area is 99.2 Å². The fourth-order valence-corrected chi connectivity index (χ4v) is 1.95. The van der Waals surface area contributed by atoms with E-state index in [0.717, 1.165) is 22.3 Å². The smallest absolute Gasteiger partial charge is 0.0858 e. The molecule has 2 aromatic heterocycles. The van der Waals surface area contributed by atoms with Gasteiger partial charge in [0, 0.05) is 47.9 Å². The monoisotopic (exact) mass is 222 g/mol. The molecule has 3 rings (SSSR count). The summed E-state index contributed by atoms with van der Waals surface area (Å²) >= 11 is 0. The number of rotatable bonds is 0. The van der Waals surface area contributed by atoms with Gasteiger partial charge in [0.25, 0.3) is 0 Å². The number of hydrogen-bond donors (Lipinski definition) is 1. The van der Waals surface area contributed by atoms with E-state index in [1.807, 2.05) is 12.1 Å². The van der Waals surface area contributed by atoms with Gasteiger partial charge in [-0.05, 0) is 17.7 Å². The van der Waals surface area contributed by atoms with Gasteiger partial charge < -0.3 is 5.11 Å². The van der Waals surface area contributed by atoms with Crippen LogP contribution in [-0.2, 0) is 6.42 Å². The van der Waals surface area contributed by atoms with Crippen LogP contribution in [-0.4, -0.2) is 15.1 Å². The lowest BCUT2D eigenvalue weighted by atomic mass is 9.95. The number of fused-ring (bicyclic) bond motifs is 2. The van der Waals surface area contributed by atoms with Gasteiger partial charge in [-0.25, -0.2) is 0 Å². The number of hydrogen-bond acceptors (Lipinski definition) is 3. The molecule has 1 aliphatic rings. The molecule has 1 unspecified atom stereocenters. The highest BCUT2D eigenvalue weighted by molar-refractivity contribution is 5.50. The van der Waals surface area contributed by atoms with Crippen molar-refractivity contribution in [3.05, 3.63) is 59.2 Å². The zero-order valence-electron chi connectivity index (χ0n) is 9.09. The van der Waals surface area contributed by atoms with E-state index >= 15 is 0 Å². The molecule has 17 heavy (non-hydrogen) atoms. The number of aliphatic hydroxyl groups is 1. The number of nitrogens with zero attached hydrogens (tertiary/aromatic N) is 2. The van der Waals surface area contributed by atoms with Gasteiger partial charge in [-0.2, -0.15) is 0 Å². The third kappa shape index (κ3) is 1.79. The largest absolute Gasteiger partial charge is 0.388 e. The molecule has 82 valence electrons. The van der Waals surface area contributed by atoms with E-state index in [2.05, 4.69) is 21.8 Å². The van der Waals surface area contributed by atoms with Crippen LogP contribution in [0.3, 0.4) is 0 Å². The number of aromatic nitrogens is 2. The van der Waals surface area contributed by atoms with Crippen molar-refractivity contribution in [1.82, 2.24) is 9.97 Å². The van der Waals surface area contributed by atoms with Crippen molar-refractivity contribution in [2.75, 3.05) is 0 Å². The Balaban J connectivity index is 2.20. The first-order valence-corrected chi connectivity index (χ1v) is 5.41. The Morgan fingerprint density at radius 1 is 1.06 bits per heavy atom. The summed E-state index contributed by atoms with van der Waals surface area (Å²) < 4.78 is 0. The highest BCUT2D eigenvalue weighted by Crippen LogP contribution is 2.23. The van der Waals surface area contributed by atoms with Crippen molar-refractivity contribution in [3.8, 4) is 11.8 Å². The molecule has 2 heterocycles. The zero-order valence-corrected chi connectivity index (χ0v) is 9.09. The summed E-state index contributed by atoms with van der Waals surface area (Å²) in [5.74, 6) is 6.19. The first-order valence-electron chi connectivity index (χ1n) is 5.41. The summed E-state index contributed by atoms with van der Waals surface area (Å²) in [7, 11) is 0. The Kier molecular flexibility index (Phi) is 2.36. The van der Waals surface area contributed by atoms with Crippen LogP contribution in [0.15, 0.2) is 36.9 Å². The minimum atomic E-state index is -0.573. The van der Waals surface area contributed by atoms with Gasteiger partial charge in [0.15, 0.2) is 0 Å². The normalized spacial score (nSPS) is 16.9. The molecule has 0 spiro atoms. The maximum Gasteiger partial charge on any atom is 0.0858 e. The highest BCUT2D eigenvalue weighted by atomic mass is 16.3. The average molecular weight is 222 g/mol. The SMILES string of the molecule is OC1Cc2cnccc2C#Cc2ccncc21. The van der Waals surface area contributed by atoms with Gasteiger partial charge in [0.2, 0.25) is 0 Å². The zero-order chi connectivity index (χ0) is 11.7. The van der Waals surface area contributed by atoms with Crippen molar-refractivity contribution < 1.29 is 5.11 Å². The van der Waals surface area contributed by atoms with E-state index in [4.69, 9.17) is 0 Å². The third-order valence-corrected chi connectivity index (χ3v) is 2.86. The van der Waals surface area contributed by atoms with Crippen LogP contribution in [0.5, 0.6) is 0 Å². The second-order valence-corrected chi connectivity index (χ2v) is 3.97. The van der Waals surface area contributed by atoms with Crippen molar-refractivity contribution in [1.29, 1.82) is 0 Å². The summed E-state index contributed by atoms with van der Waals surface area (Å²) in [6.45, 7) is 0. The quantitative estimate of drug-likeness (QED) is 0.686. The van der Waals surface area contributed by atoms with Gasteiger partial charge >= 0.3 is 0 Å². The predicted octanol–water partition coefficient (Wildman–Crippen LogP) is 1.47. The number of pyridine rings is 2. The summed E-state index contributed by atoms with van der Waals surface area (Å²) in [6, 6.07) is 3.71. The van der Waals surface area contributed by atoms with Crippen molar-refractivity contribution >= 4 is 0 Å². The Morgan fingerprint density at radius 2 is 1.76 bits per heavy atom.